The van der Waals surface area contributed by atoms with E-state index in [4.69, 9.17) is 0 Å². The largest absolute Gasteiger partial charge is 1.00 e. The van der Waals surface area contributed by atoms with Gasteiger partial charge in [-0.05, 0) is 35.6 Å². The summed E-state index contributed by atoms with van der Waals surface area (Å²) >= 11 is 0. The van der Waals surface area contributed by atoms with Crippen molar-refractivity contribution in [3.05, 3.63) is 35.1 Å². The maximum atomic E-state index is 13.2. The van der Waals surface area contributed by atoms with Gasteiger partial charge in [0.2, 0.25) is 0 Å². The molecule has 2 bridgehead atoms. The quantitative estimate of drug-likeness (QED) is 0.564. The molecule has 0 unspecified atom stereocenters. The molecule has 0 N–H and O–H groups in total. The molecule has 0 heterocycles. The van der Waals surface area contributed by atoms with E-state index < -0.39 is 12.3 Å². The van der Waals surface area contributed by atoms with Gasteiger partial charge < -0.3 is 12.9 Å². The van der Waals surface area contributed by atoms with E-state index >= 15 is 0 Å². The van der Waals surface area contributed by atoms with Gasteiger partial charge in [-0.1, -0.05) is 30.6 Å². The number of aryl methyl sites for hydroxylation is 1. The Morgan fingerprint density at radius 1 is 1.06 bits per heavy atom. The van der Waals surface area contributed by atoms with Crippen molar-refractivity contribution >= 4 is 6.98 Å². The van der Waals surface area contributed by atoms with Crippen LogP contribution in [0.5, 0.6) is 0 Å². The zero-order chi connectivity index (χ0) is 12.5. The minimum atomic E-state index is -4.74. The van der Waals surface area contributed by atoms with Gasteiger partial charge in [0.15, 0.2) is 0 Å². The predicted octanol–water partition coefficient (Wildman–Crippen LogP) is 1.16. The third-order valence-corrected chi connectivity index (χ3v) is 4.42. The van der Waals surface area contributed by atoms with Crippen molar-refractivity contribution in [3.8, 4) is 0 Å². The van der Waals surface area contributed by atoms with Crippen LogP contribution in [0.15, 0.2) is 18.2 Å². The van der Waals surface area contributed by atoms with Gasteiger partial charge in [-0.3, -0.25) is 0 Å². The molecule has 3 aliphatic rings. The molecule has 3 fully saturated rings. The van der Waals surface area contributed by atoms with Crippen LogP contribution in [0.4, 0.5) is 17.3 Å². The second-order valence-electron chi connectivity index (χ2n) is 5.77. The van der Waals surface area contributed by atoms with Crippen molar-refractivity contribution in [3.63, 3.8) is 0 Å². The van der Waals surface area contributed by atoms with Gasteiger partial charge in [0.05, 0.1) is 0 Å². The van der Waals surface area contributed by atoms with Gasteiger partial charge in [-0.15, -0.1) is 0 Å². The summed E-state index contributed by atoms with van der Waals surface area (Å²) in [6, 6.07) is 4.60. The molecule has 0 nitrogen and oxygen atoms in total. The van der Waals surface area contributed by atoms with Gasteiger partial charge in [0, 0.05) is 0 Å². The first kappa shape index (κ1) is 15.0. The predicted molar refractivity (Wildman–Crippen MR) is 58.4 cm³/mol. The van der Waals surface area contributed by atoms with E-state index in [9.17, 15) is 17.3 Å². The van der Waals surface area contributed by atoms with Gasteiger partial charge in [-0.25, -0.2) is 4.39 Å². The van der Waals surface area contributed by atoms with Crippen LogP contribution in [0.1, 0.15) is 30.4 Å². The molecule has 18 heavy (non-hydrogen) atoms. The number of hydrogen-bond acceptors (Lipinski definition) is 0. The van der Waals surface area contributed by atoms with Crippen molar-refractivity contribution in [2.75, 3.05) is 0 Å². The van der Waals surface area contributed by atoms with Crippen LogP contribution >= 0.6 is 0 Å². The monoisotopic (exact) mass is 282 g/mol. The van der Waals surface area contributed by atoms with Crippen molar-refractivity contribution < 1.29 is 68.7 Å². The molecule has 0 aliphatic heterocycles. The zero-order valence-electron chi connectivity index (χ0n) is 10.4. The summed E-state index contributed by atoms with van der Waals surface area (Å²) in [5.74, 6) is -0.351. The summed E-state index contributed by atoms with van der Waals surface area (Å²) < 4.78 is 51.5. The van der Waals surface area contributed by atoms with Gasteiger partial charge in [0.25, 0.3) is 0 Å². The summed E-state index contributed by atoms with van der Waals surface area (Å²) in [4.78, 5) is 0. The third-order valence-electron chi connectivity index (χ3n) is 4.42. The average Bonchev–Trinajstić information content (AvgIpc) is 1.91. The Hall–Kier alpha value is 0.641. The van der Waals surface area contributed by atoms with E-state index in [1.54, 1.807) is 6.92 Å². The van der Waals surface area contributed by atoms with Gasteiger partial charge in [-0.2, -0.15) is 0 Å². The Morgan fingerprint density at radius 2 is 1.61 bits per heavy atom. The Balaban J connectivity index is 0.00000120. The van der Waals surface area contributed by atoms with E-state index in [-0.39, 0.29) is 81.9 Å². The van der Waals surface area contributed by atoms with Crippen LogP contribution in [0.3, 0.4) is 0 Å². The van der Waals surface area contributed by atoms with Gasteiger partial charge in [0.1, 0.15) is 5.82 Å². The third kappa shape index (κ3) is 1.95. The van der Waals surface area contributed by atoms with Crippen molar-refractivity contribution in [2.45, 2.75) is 36.9 Å². The minimum Gasteiger partial charge on any atom is -0.449 e. The summed E-state index contributed by atoms with van der Waals surface area (Å²) in [5, 5.41) is -1.40. The van der Waals surface area contributed by atoms with Crippen LogP contribution in [-0.4, -0.2) is 6.98 Å². The summed E-state index contributed by atoms with van der Waals surface area (Å²) in [7, 11) is 0. The van der Waals surface area contributed by atoms with Crippen molar-refractivity contribution in [1.29, 1.82) is 0 Å². The molecule has 92 valence electrons. The maximum Gasteiger partial charge on any atom is 1.00 e. The fraction of sp³-hybridized carbons (Fsp3) is 0.500. The zero-order valence-corrected chi connectivity index (χ0v) is 13.6. The maximum absolute atomic E-state index is 13.2. The molecule has 0 radical (unpaired) electrons. The molecule has 3 aliphatic carbocycles. The fourth-order valence-corrected chi connectivity index (χ4v) is 3.56. The Kier molecular flexibility index (Phi) is 3.61. The molecule has 1 aromatic rings. The fourth-order valence-electron chi connectivity index (χ4n) is 3.56. The number of halogens is 4. The molecule has 0 saturated heterocycles. The minimum absolute atomic E-state index is 0. The van der Waals surface area contributed by atoms with Crippen LogP contribution in [0, 0.1) is 12.7 Å². The first-order valence-corrected chi connectivity index (χ1v) is 5.74. The molecule has 0 atom stereocenters. The standard InChI is InChI=1S/C12H12BF4.K/c1-8-2-9(4-10(14)3-8)11-5-12(6-11,7-11)13(15,16)17;/h2-4H,5-7H2,1H3;/q-1;+1. The van der Waals surface area contributed by atoms with E-state index in [1.807, 2.05) is 6.07 Å². The molecule has 0 amide bonds. The van der Waals surface area contributed by atoms with E-state index in [1.165, 1.54) is 12.1 Å². The summed E-state index contributed by atoms with van der Waals surface area (Å²) in [5.41, 5.74) is 1.14. The second kappa shape index (κ2) is 4.32. The summed E-state index contributed by atoms with van der Waals surface area (Å²) in [6.07, 6.45) is 0.477. The van der Waals surface area contributed by atoms with E-state index in [0.717, 1.165) is 11.1 Å². The first-order valence-electron chi connectivity index (χ1n) is 5.74. The van der Waals surface area contributed by atoms with Crippen LogP contribution in [0.25, 0.3) is 0 Å². The number of rotatable bonds is 2. The number of benzene rings is 1. The van der Waals surface area contributed by atoms with Crippen LogP contribution in [0.2, 0.25) is 5.31 Å². The van der Waals surface area contributed by atoms with Crippen molar-refractivity contribution in [1.82, 2.24) is 0 Å². The summed E-state index contributed by atoms with van der Waals surface area (Å²) in [6.45, 7) is -2.98. The molecule has 4 rings (SSSR count). The molecular weight excluding hydrogens is 270 g/mol. The molecule has 0 aromatic heterocycles. The normalized spacial score (nSPS) is 33.2. The average molecular weight is 282 g/mol. The SMILES string of the molecule is Cc1cc(F)cc(C23CC([B-](F)(F)F)(C2)C3)c1.[K+]. The topological polar surface area (TPSA) is 0 Å². The molecule has 3 saturated carbocycles. The molecule has 0 spiro atoms. The van der Waals surface area contributed by atoms with Gasteiger partial charge >= 0.3 is 58.4 Å². The Labute approximate surface area is 146 Å². The second-order valence-corrected chi connectivity index (χ2v) is 5.77. The Morgan fingerprint density at radius 3 is 2.06 bits per heavy atom. The van der Waals surface area contributed by atoms with Crippen molar-refractivity contribution in [2.24, 2.45) is 0 Å². The molecular formula is C12H12BF4K. The molecule has 1 aromatic carbocycles. The number of hydrogen-bond donors (Lipinski definition) is 0. The smallest absolute Gasteiger partial charge is 0.449 e. The van der Waals surface area contributed by atoms with Crippen LogP contribution < -0.4 is 51.4 Å². The van der Waals surface area contributed by atoms with E-state index in [0.29, 0.717) is 0 Å². The Bertz CT molecular complexity index is 457. The van der Waals surface area contributed by atoms with Crippen LogP contribution in [-0.2, 0) is 5.41 Å². The molecule has 6 heteroatoms. The first-order chi connectivity index (χ1) is 7.76. The van der Waals surface area contributed by atoms with E-state index in [2.05, 4.69) is 0 Å².